The smallest absolute Gasteiger partial charge is 0.152 e. The van der Waals surface area contributed by atoms with E-state index in [4.69, 9.17) is 4.42 Å². The predicted octanol–water partition coefficient (Wildman–Crippen LogP) is 7.17. The second-order valence-corrected chi connectivity index (χ2v) is 7.76. The monoisotopic (exact) mass is 330 g/mol. The topological polar surface area (TPSA) is 13.1 Å². The third-order valence-electron chi connectivity index (χ3n) is 4.61. The maximum Gasteiger partial charge on any atom is 0.152 e. The summed E-state index contributed by atoms with van der Waals surface area (Å²) in [7, 11) is 0. The normalized spacial score (nSPS) is 12.3. The van der Waals surface area contributed by atoms with Gasteiger partial charge in [0.15, 0.2) is 5.58 Å². The van der Waals surface area contributed by atoms with E-state index in [1.54, 1.807) is 6.26 Å². The predicted molar refractivity (Wildman–Crippen MR) is 102 cm³/mol. The lowest BCUT2D eigenvalue weighted by Gasteiger charge is -2.03. The molecule has 1 nitrogen and oxygen atoms in total. The van der Waals surface area contributed by atoms with E-state index in [-0.39, 0.29) is 0 Å². The molecule has 6 aromatic rings. The second kappa shape index (κ2) is 4.13. The van der Waals surface area contributed by atoms with E-state index in [1.165, 1.54) is 46.4 Å². The van der Waals surface area contributed by atoms with E-state index in [2.05, 4.69) is 47.8 Å². The molecule has 108 valence electrons. The molecule has 3 aromatic heterocycles. The summed E-state index contributed by atoms with van der Waals surface area (Å²) in [6.45, 7) is 0. The van der Waals surface area contributed by atoms with Gasteiger partial charge in [0.25, 0.3) is 0 Å². The molecule has 3 aromatic carbocycles. The van der Waals surface area contributed by atoms with Crippen molar-refractivity contribution in [2.45, 2.75) is 0 Å². The first-order valence-electron chi connectivity index (χ1n) is 7.52. The van der Waals surface area contributed by atoms with Gasteiger partial charge in [-0.2, -0.15) is 0 Å². The van der Waals surface area contributed by atoms with E-state index in [9.17, 15) is 0 Å². The zero-order valence-corrected chi connectivity index (χ0v) is 13.6. The van der Waals surface area contributed by atoms with Crippen LogP contribution in [0.2, 0.25) is 0 Å². The Hall–Kier alpha value is -2.36. The first-order valence-corrected chi connectivity index (χ1v) is 9.22. The fourth-order valence-corrected chi connectivity index (χ4v) is 6.06. The van der Waals surface area contributed by atoms with Crippen molar-refractivity contribution in [3.63, 3.8) is 0 Å². The first kappa shape index (κ1) is 12.1. The fraction of sp³-hybridized carbons (Fsp3) is 0. The Morgan fingerprint density at radius 1 is 0.783 bits per heavy atom. The molecule has 0 unspecified atom stereocenters. The molecule has 3 heteroatoms. The summed E-state index contributed by atoms with van der Waals surface area (Å²) in [5.41, 5.74) is 1.01. The van der Waals surface area contributed by atoms with Gasteiger partial charge in [-0.3, -0.25) is 0 Å². The first-order chi connectivity index (χ1) is 11.4. The van der Waals surface area contributed by atoms with Gasteiger partial charge in [0.2, 0.25) is 0 Å². The van der Waals surface area contributed by atoms with Crippen LogP contribution in [0.3, 0.4) is 0 Å². The lowest BCUT2D eigenvalue weighted by atomic mass is 10.0. The molecule has 0 atom stereocenters. The van der Waals surface area contributed by atoms with Crippen LogP contribution in [0.5, 0.6) is 0 Å². The van der Waals surface area contributed by atoms with Crippen LogP contribution in [0.25, 0.3) is 52.0 Å². The minimum Gasteiger partial charge on any atom is -0.463 e. The largest absolute Gasteiger partial charge is 0.463 e. The standard InChI is InChI=1S/C20H10OS2/c1-2-5-12-11(4-1)10-14-13-6-3-8-21-18(13)20-17(16(12)14)19-15(23-20)7-9-22-19/h1-10H. The summed E-state index contributed by atoms with van der Waals surface area (Å²) < 4.78 is 9.94. The Bertz CT molecular complexity index is 1360. The molecule has 0 aliphatic heterocycles. The average molecular weight is 330 g/mol. The third-order valence-corrected chi connectivity index (χ3v) is 6.83. The Labute approximate surface area is 139 Å². The van der Waals surface area contributed by atoms with Crippen LogP contribution in [0, 0.1) is 0 Å². The molecule has 0 aliphatic carbocycles. The van der Waals surface area contributed by atoms with Gasteiger partial charge in [-0.25, -0.2) is 0 Å². The third kappa shape index (κ3) is 1.42. The molecule has 0 bridgehead atoms. The molecule has 3 heterocycles. The molecule has 0 amide bonds. The Morgan fingerprint density at radius 3 is 2.70 bits per heavy atom. The Balaban J connectivity index is 2.11. The van der Waals surface area contributed by atoms with Crippen molar-refractivity contribution in [1.29, 1.82) is 0 Å². The lowest BCUT2D eigenvalue weighted by molar-refractivity contribution is 0.608. The number of thiophene rings is 2. The molecule has 0 fully saturated rings. The number of rotatable bonds is 0. The van der Waals surface area contributed by atoms with Crippen molar-refractivity contribution in [3.05, 3.63) is 60.2 Å². The highest BCUT2D eigenvalue weighted by Crippen LogP contribution is 2.48. The fourth-order valence-electron chi connectivity index (χ4n) is 3.69. The Morgan fingerprint density at radius 2 is 1.70 bits per heavy atom. The van der Waals surface area contributed by atoms with Gasteiger partial charge in [0.05, 0.1) is 15.7 Å². The van der Waals surface area contributed by atoms with Crippen LogP contribution in [-0.2, 0) is 0 Å². The SMILES string of the molecule is c1ccc2c(c1)cc1c3cccoc3c3sc4ccsc4c3c21. The minimum atomic E-state index is 1.01. The quantitative estimate of drug-likeness (QED) is 0.288. The van der Waals surface area contributed by atoms with Crippen LogP contribution >= 0.6 is 22.7 Å². The van der Waals surface area contributed by atoms with Gasteiger partial charge >= 0.3 is 0 Å². The summed E-state index contributed by atoms with van der Waals surface area (Å²) in [5.74, 6) is 0. The van der Waals surface area contributed by atoms with Crippen molar-refractivity contribution in [3.8, 4) is 0 Å². The van der Waals surface area contributed by atoms with Gasteiger partial charge in [-0.05, 0) is 45.8 Å². The van der Waals surface area contributed by atoms with Crippen LogP contribution in [0.4, 0.5) is 0 Å². The maximum atomic E-state index is 5.94. The van der Waals surface area contributed by atoms with Gasteiger partial charge in [-0.15, -0.1) is 22.7 Å². The van der Waals surface area contributed by atoms with Gasteiger partial charge in [-0.1, -0.05) is 24.3 Å². The van der Waals surface area contributed by atoms with Gasteiger partial charge in [0.1, 0.15) is 0 Å². The van der Waals surface area contributed by atoms with Crippen molar-refractivity contribution in [2.24, 2.45) is 0 Å². The molecule has 0 spiro atoms. The molecule has 0 aliphatic rings. The number of hydrogen-bond acceptors (Lipinski definition) is 3. The van der Waals surface area contributed by atoms with Crippen molar-refractivity contribution >= 4 is 74.7 Å². The molecular weight excluding hydrogens is 320 g/mol. The van der Waals surface area contributed by atoms with Crippen molar-refractivity contribution in [2.75, 3.05) is 0 Å². The highest BCUT2D eigenvalue weighted by molar-refractivity contribution is 7.32. The zero-order chi connectivity index (χ0) is 15.0. The van der Waals surface area contributed by atoms with E-state index < -0.39 is 0 Å². The van der Waals surface area contributed by atoms with E-state index in [1.807, 2.05) is 28.7 Å². The van der Waals surface area contributed by atoms with Crippen molar-refractivity contribution < 1.29 is 4.42 Å². The highest BCUT2D eigenvalue weighted by atomic mass is 32.1. The highest BCUT2D eigenvalue weighted by Gasteiger charge is 2.18. The summed E-state index contributed by atoms with van der Waals surface area (Å²) in [5, 5.41) is 10.1. The summed E-state index contributed by atoms with van der Waals surface area (Å²) >= 11 is 3.67. The van der Waals surface area contributed by atoms with Gasteiger partial charge in [0, 0.05) is 20.9 Å². The van der Waals surface area contributed by atoms with Crippen molar-refractivity contribution in [1.82, 2.24) is 0 Å². The lowest BCUT2D eigenvalue weighted by Crippen LogP contribution is -1.75. The molecule has 0 radical (unpaired) electrons. The molecule has 6 rings (SSSR count). The summed E-state index contributed by atoms with van der Waals surface area (Å²) in [6, 6.07) is 17.4. The summed E-state index contributed by atoms with van der Waals surface area (Å²) in [6.07, 6.45) is 1.78. The van der Waals surface area contributed by atoms with Crippen LogP contribution in [-0.4, -0.2) is 0 Å². The number of fused-ring (bicyclic) bond motifs is 10. The zero-order valence-electron chi connectivity index (χ0n) is 12.0. The summed E-state index contributed by atoms with van der Waals surface area (Å²) in [4.78, 5) is 0. The van der Waals surface area contributed by atoms with E-state index in [0.717, 1.165) is 5.58 Å². The number of benzene rings is 2. The molecule has 23 heavy (non-hydrogen) atoms. The average Bonchev–Trinajstić information content (AvgIpc) is 3.26. The Kier molecular flexibility index (Phi) is 2.18. The molecule has 0 saturated carbocycles. The minimum absolute atomic E-state index is 1.01. The molecule has 0 N–H and O–H groups in total. The van der Waals surface area contributed by atoms with Gasteiger partial charge < -0.3 is 4.42 Å². The van der Waals surface area contributed by atoms with E-state index >= 15 is 0 Å². The van der Waals surface area contributed by atoms with Crippen LogP contribution < -0.4 is 0 Å². The van der Waals surface area contributed by atoms with Crippen LogP contribution in [0.1, 0.15) is 0 Å². The van der Waals surface area contributed by atoms with E-state index in [0.29, 0.717) is 0 Å². The molecule has 0 saturated heterocycles. The van der Waals surface area contributed by atoms with Crippen LogP contribution in [0.15, 0.2) is 64.6 Å². The number of hydrogen-bond donors (Lipinski definition) is 0. The molecular formula is C20H10OS2. The maximum absolute atomic E-state index is 5.94. The second-order valence-electron chi connectivity index (χ2n) is 5.80.